The molecule has 1 aromatic heterocycles. The molecule has 0 radical (unpaired) electrons. The number of imidazole rings is 1. The van der Waals surface area contributed by atoms with Crippen molar-refractivity contribution >= 4 is 77.1 Å². The number of carbonyl (C=O) groups is 12. The van der Waals surface area contributed by atoms with Crippen LogP contribution in [0.15, 0.2) is 42.9 Å². The summed E-state index contributed by atoms with van der Waals surface area (Å²) < 4.78 is 0. The quantitative estimate of drug-likeness (QED) is 0.0180. The number of primary amides is 1. The molecule has 0 saturated heterocycles. The fourth-order valence-electron chi connectivity index (χ4n) is 6.31. The van der Waals surface area contributed by atoms with E-state index in [-0.39, 0.29) is 31.8 Å². The first kappa shape index (κ1) is 58.4. The summed E-state index contributed by atoms with van der Waals surface area (Å²) in [5.74, 6) is -15.4. The summed E-state index contributed by atoms with van der Waals surface area (Å²) in [5, 5.41) is 62.6. The van der Waals surface area contributed by atoms with Gasteiger partial charge in [-0.15, -0.1) is 0 Å². The number of carboxylic acids is 4. The minimum absolute atomic E-state index is 0.114. The monoisotopic (exact) mass is 1000 g/mol. The van der Waals surface area contributed by atoms with Crippen LogP contribution < -0.4 is 59.7 Å². The van der Waals surface area contributed by atoms with Crippen LogP contribution in [0.5, 0.6) is 0 Å². The van der Waals surface area contributed by atoms with Crippen LogP contribution >= 0.6 is 0 Å². The molecule has 1 heterocycles. The number of aromatic nitrogens is 2. The van der Waals surface area contributed by atoms with Gasteiger partial charge >= 0.3 is 23.9 Å². The summed E-state index contributed by atoms with van der Waals surface area (Å²) in [5.41, 5.74) is 17.4. The predicted molar refractivity (Wildman–Crippen MR) is 242 cm³/mol. The molecule has 71 heavy (non-hydrogen) atoms. The lowest BCUT2D eigenvalue weighted by molar-refractivity contribution is -0.147. The Balaban J connectivity index is 2.34. The average molecular weight is 1000 g/mol. The van der Waals surface area contributed by atoms with Gasteiger partial charge < -0.3 is 85.1 Å². The lowest BCUT2D eigenvalue weighted by Gasteiger charge is -2.26. The molecule has 30 heteroatoms. The van der Waals surface area contributed by atoms with Crippen molar-refractivity contribution < 1.29 is 78.0 Å². The van der Waals surface area contributed by atoms with Crippen LogP contribution in [0.4, 0.5) is 0 Å². The summed E-state index contributed by atoms with van der Waals surface area (Å²) in [6, 6.07) is -3.47. The number of H-pyrrole nitrogens is 1. The maximum atomic E-state index is 14.1. The van der Waals surface area contributed by atoms with Crippen LogP contribution in [-0.4, -0.2) is 163 Å². The van der Waals surface area contributed by atoms with Gasteiger partial charge in [-0.25, -0.2) is 9.78 Å². The average Bonchev–Trinajstić information content (AvgIpc) is 3.81. The second-order valence-corrected chi connectivity index (χ2v) is 15.7. The van der Waals surface area contributed by atoms with Crippen molar-refractivity contribution in [2.45, 2.75) is 107 Å². The predicted octanol–water partition coefficient (Wildman–Crippen LogP) is -6.03. The van der Waals surface area contributed by atoms with Crippen LogP contribution in [0.25, 0.3) is 0 Å². The van der Waals surface area contributed by atoms with Gasteiger partial charge in [0.2, 0.25) is 47.3 Å². The lowest BCUT2D eigenvalue weighted by Crippen LogP contribution is -2.60. The maximum Gasteiger partial charge on any atom is 0.326 e. The standard InChI is InChI=1S/C41H58N14O16/c42-22(7-4-12-47-41(44)45)34(64)52-26(14-21-17-46-19-49-21)38(68)53-25(13-20-5-2-1-3-6-20)37(67)54-27(15-32(60)61)39(69)51-23(8-10-29(43)56)35(65)48-18-30(57)50-24(9-11-31(58)59)36(66)55-28(40(70)71)16-33(62)63/h1-3,5-6,17,19,22-28H,4,7-16,18,42H2,(H2,43,56)(H,46,49)(H,48,65)(H,50,57)(H,51,69)(H,52,64)(H,53,68)(H,54,67)(H,55,66)(H,58,59)(H,60,61)(H,62,63)(H,70,71)(H4,44,45,47)/t22-,23-,24-,25-,26-,27-,28-/m0/s1. The van der Waals surface area contributed by atoms with Crippen LogP contribution in [0, 0.1) is 5.41 Å². The number of hydrogen-bond donors (Lipinski definition) is 17. The smallest absolute Gasteiger partial charge is 0.326 e. The minimum Gasteiger partial charge on any atom is -0.481 e. The highest BCUT2D eigenvalue weighted by Crippen LogP contribution is 2.09. The maximum absolute atomic E-state index is 14.1. The Morgan fingerprint density at radius 2 is 1.11 bits per heavy atom. The zero-order valence-corrected chi connectivity index (χ0v) is 37.9. The van der Waals surface area contributed by atoms with Crippen LogP contribution in [0.3, 0.4) is 0 Å². The molecule has 0 unspecified atom stereocenters. The number of rotatable bonds is 33. The third kappa shape index (κ3) is 23.2. The number of hydrogen-bond acceptors (Lipinski definition) is 15. The Kier molecular flexibility index (Phi) is 24.6. The molecule has 0 aliphatic heterocycles. The van der Waals surface area contributed by atoms with E-state index in [4.69, 9.17) is 32.8 Å². The Labute approximate surface area is 403 Å². The van der Waals surface area contributed by atoms with E-state index in [1.165, 1.54) is 12.5 Å². The number of carboxylic acid groups (broad SMARTS) is 4. The lowest BCUT2D eigenvalue weighted by atomic mass is 10.0. The van der Waals surface area contributed by atoms with Crippen LogP contribution in [0.2, 0.25) is 0 Å². The summed E-state index contributed by atoms with van der Waals surface area (Å²) in [4.78, 5) is 158. The molecular weight excluding hydrogens is 945 g/mol. The van der Waals surface area contributed by atoms with Gasteiger partial charge in [0.15, 0.2) is 5.96 Å². The van der Waals surface area contributed by atoms with E-state index >= 15 is 0 Å². The van der Waals surface area contributed by atoms with Crippen molar-refractivity contribution in [3.63, 3.8) is 0 Å². The highest BCUT2D eigenvalue weighted by Gasteiger charge is 2.34. The molecule has 1 aromatic carbocycles. The van der Waals surface area contributed by atoms with Gasteiger partial charge in [-0.1, -0.05) is 30.3 Å². The Bertz CT molecular complexity index is 2230. The van der Waals surface area contributed by atoms with E-state index in [1.54, 1.807) is 30.3 Å². The second kappa shape index (κ2) is 29.9. The summed E-state index contributed by atoms with van der Waals surface area (Å²) >= 11 is 0. The number of benzene rings is 1. The molecule has 30 nitrogen and oxygen atoms in total. The first-order valence-corrected chi connectivity index (χ1v) is 21.6. The molecule has 20 N–H and O–H groups in total. The Morgan fingerprint density at radius 3 is 1.68 bits per heavy atom. The fraction of sp³-hybridized carbons (Fsp3) is 0.463. The van der Waals surface area contributed by atoms with E-state index in [9.17, 15) is 67.7 Å². The zero-order chi connectivity index (χ0) is 53.2. The van der Waals surface area contributed by atoms with Crippen molar-refractivity contribution in [3.05, 3.63) is 54.1 Å². The molecule has 388 valence electrons. The molecule has 0 aliphatic rings. The first-order valence-electron chi connectivity index (χ1n) is 21.6. The number of aliphatic carboxylic acids is 4. The topological polar surface area (TPSA) is 513 Å². The third-order valence-electron chi connectivity index (χ3n) is 9.90. The van der Waals surface area contributed by atoms with Crippen molar-refractivity contribution in [2.24, 2.45) is 17.2 Å². The van der Waals surface area contributed by atoms with Gasteiger partial charge in [-0.2, -0.15) is 0 Å². The van der Waals surface area contributed by atoms with Crippen LogP contribution in [0.1, 0.15) is 62.6 Å². The molecule has 2 rings (SSSR count). The normalized spacial score (nSPS) is 13.6. The number of amides is 8. The first-order chi connectivity index (χ1) is 33.4. The van der Waals surface area contributed by atoms with E-state index < -0.39 is 158 Å². The molecule has 0 fully saturated rings. The summed E-state index contributed by atoms with van der Waals surface area (Å²) in [6.07, 6.45) is -1.92. The number of nitrogens with zero attached hydrogens (tertiary/aromatic N) is 1. The molecule has 8 amide bonds. The molecule has 0 bridgehead atoms. The van der Waals surface area contributed by atoms with Gasteiger partial charge in [0.1, 0.15) is 36.3 Å². The molecule has 0 saturated carbocycles. The molecular formula is C41H58N14O16. The molecule has 0 aliphatic carbocycles. The van der Waals surface area contributed by atoms with Crippen molar-refractivity contribution in [2.75, 3.05) is 13.1 Å². The second-order valence-electron chi connectivity index (χ2n) is 15.7. The van der Waals surface area contributed by atoms with Crippen molar-refractivity contribution in [1.29, 1.82) is 5.41 Å². The van der Waals surface area contributed by atoms with Gasteiger partial charge in [0.25, 0.3) is 0 Å². The molecule has 0 spiro atoms. The number of nitrogens with one attached hydrogen (secondary N) is 10. The van der Waals surface area contributed by atoms with Crippen molar-refractivity contribution in [1.82, 2.24) is 52.5 Å². The zero-order valence-electron chi connectivity index (χ0n) is 37.9. The SMILES string of the molecule is N=C(N)NCCC[C@H](N)C(=O)N[C@@H](Cc1c[nH]cn1)C(=O)N[C@@H](Cc1ccccc1)C(=O)N[C@@H](CC(=O)O)C(=O)N[C@@H](CCC(N)=O)C(=O)NCC(=O)N[C@@H](CCC(=O)O)C(=O)N[C@@H](CC(=O)O)C(=O)O. The largest absolute Gasteiger partial charge is 0.481 e. The Hall–Kier alpha value is -8.70. The highest BCUT2D eigenvalue weighted by atomic mass is 16.4. The van der Waals surface area contributed by atoms with Gasteiger partial charge in [-0.3, -0.25) is 58.1 Å². The number of nitrogens with two attached hydrogens (primary N) is 3. The molecule has 7 atom stereocenters. The number of guanidine groups is 1. The van der Waals surface area contributed by atoms with Gasteiger partial charge in [0, 0.05) is 38.4 Å². The Morgan fingerprint density at radius 1 is 0.592 bits per heavy atom. The van der Waals surface area contributed by atoms with E-state index in [0.29, 0.717) is 17.7 Å². The number of aromatic amines is 1. The van der Waals surface area contributed by atoms with E-state index in [1.807, 2.05) is 5.32 Å². The van der Waals surface area contributed by atoms with E-state index in [2.05, 4.69) is 47.2 Å². The van der Waals surface area contributed by atoms with Gasteiger partial charge in [0.05, 0.1) is 37.4 Å². The third-order valence-corrected chi connectivity index (χ3v) is 9.90. The summed E-state index contributed by atoms with van der Waals surface area (Å²) in [6.45, 7) is -0.772. The number of carbonyl (C=O) groups excluding carboxylic acids is 8. The van der Waals surface area contributed by atoms with Crippen LogP contribution in [-0.2, 0) is 70.4 Å². The minimum atomic E-state index is -1.98. The highest BCUT2D eigenvalue weighted by molar-refractivity contribution is 5.98. The molecule has 2 aromatic rings. The van der Waals surface area contributed by atoms with Crippen molar-refractivity contribution in [3.8, 4) is 0 Å². The van der Waals surface area contributed by atoms with E-state index in [0.717, 1.165) is 0 Å². The fourth-order valence-corrected chi connectivity index (χ4v) is 6.31. The van der Waals surface area contributed by atoms with Gasteiger partial charge in [-0.05, 0) is 31.2 Å². The summed E-state index contributed by atoms with van der Waals surface area (Å²) in [7, 11) is 0.